The van der Waals surface area contributed by atoms with Gasteiger partial charge in [0.15, 0.2) is 0 Å². The zero-order valence-electron chi connectivity index (χ0n) is 2.50. The van der Waals surface area contributed by atoms with E-state index in [1.807, 2.05) is 13.8 Å². The molecule has 80 valence electrons. The van der Waals surface area contributed by atoms with Crippen molar-refractivity contribution in [3.05, 3.63) is 0 Å². The third kappa shape index (κ3) is 241000. The van der Waals surface area contributed by atoms with Crippen molar-refractivity contribution in [1.82, 2.24) is 0 Å². The molecule has 2 N–H and O–H groups in total. The molecule has 0 amide bonds. The standard InChI is InChI=1S/C2H6.7CH4.H2O.H2/c1-2;;;;;;;;;/h1-2H3;7*1H4;1H2;1H. The number of rotatable bonds is 0. The van der Waals surface area contributed by atoms with Crippen LogP contribution in [0.3, 0.4) is 0 Å². The molecular weight excluding hydrogens is 124 g/mol. The Kier molecular flexibility index (Phi) is 30800000. The van der Waals surface area contributed by atoms with Gasteiger partial charge in [0.25, 0.3) is 0 Å². The van der Waals surface area contributed by atoms with Crippen molar-refractivity contribution in [2.24, 2.45) is 0 Å². The predicted octanol–water partition coefficient (Wildman–Crippen LogP) is 4.90. The van der Waals surface area contributed by atoms with Crippen LogP contribution in [0.25, 0.3) is 0 Å². The highest BCUT2D eigenvalue weighted by atomic mass is 16.0. The minimum Gasteiger partial charge on any atom is -0.412 e. The second-order valence-corrected chi connectivity index (χ2v) is 0. The molecule has 0 aromatic rings. The van der Waals surface area contributed by atoms with Gasteiger partial charge in [0.2, 0.25) is 0 Å². The monoisotopic (exact) mass is 162 g/mol. The van der Waals surface area contributed by atoms with Crippen LogP contribution in [-0.2, 0) is 0 Å². The van der Waals surface area contributed by atoms with Gasteiger partial charge in [-0.2, -0.15) is 0 Å². The fourth-order valence-electron chi connectivity index (χ4n) is 0. The van der Waals surface area contributed by atoms with Crippen molar-refractivity contribution >= 4 is 0 Å². The molecule has 0 atom stereocenters. The number of hydrogen-bond donors (Lipinski definition) is 0. The maximum atomic E-state index is 2.00. The molecule has 0 heterocycles. The van der Waals surface area contributed by atoms with Crippen LogP contribution in [0, 0.1) is 0 Å². The smallest absolute Gasteiger partial charge is 0 e. The van der Waals surface area contributed by atoms with Crippen LogP contribution < -0.4 is 0 Å². The van der Waals surface area contributed by atoms with Crippen molar-refractivity contribution in [2.45, 2.75) is 65.8 Å². The van der Waals surface area contributed by atoms with Crippen LogP contribution in [0.4, 0.5) is 0 Å². The molecule has 0 aliphatic heterocycles. The van der Waals surface area contributed by atoms with Crippen LogP contribution in [0.2, 0.25) is 0 Å². The van der Waals surface area contributed by atoms with Gasteiger partial charge in [0.05, 0.1) is 0 Å². The quantitative estimate of drug-likeness (QED) is 0.485. The molecule has 0 radical (unpaired) electrons. The third-order valence-corrected chi connectivity index (χ3v) is 0. The topological polar surface area (TPSA) is 31.5 Å². The summed E-state index contributed by atoms with van der Waals surface area (Å²) in [5.74, 6) is 0. The molecular formula is C9H38O. The van der Waals surface area contributed by atoms with Crippen LogP contribution in [0.1, 0.15) is 67.3 Å². The summed E-state index contributed by atoms with van der Waals surface area (Å²) in [5, 5.41) is 0. The lowest BCUT2D eigenvalue weighted by Gasteiger charge is -1.07. The lowest BCUT2D eigenvalue weighted by atomic mass is 11.0. The van der Waals surface area contributed by atoms with Crippen molar-refractivity contribution in [2.75, 3.05) is 0 Å². The zero-order chi connectivity index (χ0) is 2.00. The van der Waals surface area contributed by atoms with E-state index in [0.717, 1.165) is 0 Å². The Morgan fingerprint density at radius 1 is 0.500 bits per heavy atom. The summed E-state index contributed by atoms with van der Waals surface area (Å²) in [6.07, 6.45) is 0. The minimum atomic E-state index is 0. The molecule has 0 spiro atoms. The summed E-state index contributed by atoms with van der Waals surface area (Å²) >= 11 is 0. The van der Waals surface area contributed by atoms with Crippen LogP contribution >= 0.6 is 0 Å². The maximum absolute atomic E-state index is 2.00. The first-order valence-corrected chi connectivity index (χ1v) is 1.00. The summed E-state index contributed by atoms with van der Waals surface area (Å²) in [6.45, 7) is 4.00. The minimum absolute atomic E-state index is 0. The lowest BCUT2D eigenvalue weighted by Crippen LogP contribution is -0.856. The Morgan fingerprint density at radius 2 is 0.500 bits per heavy atom. The van der Waals surface area contributed by atoms with Gasteiger partial charge in [-0.05, 0) is 0 Å². The molecule has 0 saturated heterocycles. The van der Waals surface area contributed by atoms with Gasteiger partial charge in [-0.15, -0.1) is 0 Å². The molecule has 0 aliphatic carbocycles. The molecule has 10 heavy (non-hydrogen) atoms. The summed E-state index contributed by atoms with van der Waals surface area (Å²) in [7, 11) is 0. The highest BCUT2D eigenvalue weighted by molar-refractivity contribution is 3.50. The molecule has 0 aliphatic rings. The molecule has 0 aromatic heterocycles. The first kappa shape index (κ1) is 868. The molecule has 0 bridgehead atoms. The highest BCUT2D eigenvalue weighted by Crippen LogP contribution is 1.14. The molecule has 1 nitrogen and oxygen atoms in total. The van der Waals surface area contributed by atoms with E-state index in [9.17, 15) is 0 Å². The molecule has 1 heteroatoms. The average molecular weight is 162 g/mol. The van der Waals surface area contributed by atoms with Crippen molar-refractivity contribution in [3.63, 3.8) is 0 Å². The van der Waals surface area contributed by atoms with Gasteiger partial charge >= 0.3 is 0 Å². The van der Waals surface area contributed by atoms with Gasteiger partial charge in [-0.25, -0.2) is 0 Å². The predicted molar refractivity (Wildman–Crippen MR) is 64.2 cm³/mol. The van der Waals surface area contributed by atoms with Crippen LogP contribution in [0.5, 0.6) is 0 Å². The summed E-state index contributed by atoms with van der Waals surface area (Å²) < 4.78 is 0. The molecule has 0 saturated carbocycles. The molecule has 0 unspecified atom stereocenters. The maximum Gasteiger partial charge on any atom is 0 e. The Morgan fingerprint density at radius 3 is 0.500 bits per heavy atom. The molecule has 0 aromatic carbocycles. The zero-order valence-corrected chi connectivity index (χ0v) is 2.50. The molecule has 0 rings (SSSR count). The van der Waals surface area contributed by atoms with Gasteiger partial charge in [0, 0.05) is 1.43 Å². The second-order valence-electron chi connectivity index (χ2n) is 0. The highest BCUT2D eigenvalue weighted by Gasteiger charge is 0.932. The Balaban J connectivity index is -0.000000000139. The van der Waals surface area contributed by atoms with Gasteiger partial charge in [-0.3, -0.25) is 0 Å². The van der Waals surface area contributed by atoms with Crippen LogP contribution in [0.15, 0.2) is 0 Å². The first-order valence-electron chi connectivity index (χ1n) is 1.00. The Bertz CT molecular complexity index is 9.52. The third-order valence-electron chi connectivity index (χ3n) is 0. The SMILES string of the molecule is C.C.C.C.C.C.C.CC.O.[HH]. The first-order chi connectivity index (χ1) is 1.00. The summed E-state index contributed by atoms with van der Waals surface area (Å²) in [6, 6.07) is 0. The fraction of sp³-hybridized carbons (Fsp3) is 1.00. The van der Waals surface area contributed by atoms with E-state index in [1.165, 1.54) is 0 Å². The van der Waals surface area contributed by atoms with E-state index in [0.29, 0.717) is 0 Å². The van der Waals surface area contributed by atoms with Crippen molar-refractivity contribution in [1.29, 1.82) is 0 Å². The molecule has 0 fully saturated rings. The van der Waals surface area contributed by atoms with E-state index in [-0.39, 0.29) is 58.9 Å². The van der Waals surface area contributed by atoms with E-state index < -0.39 is 0 Å². The van der Waals surface area contributed by atoms with Gasteiger partial charge in [-0.1, -0.05) is 65.8 Å². The number of hydrogen-bond acceptors (Lipinski definition) is 0. The second kappa shape index (κ2) is 355000. The lowest BCUT2D eigenvalue weighted by molar-refractivity contribution is 0.824. The van der Waals surface area contributed by atoms with Crippen LogP contribution in [-0.4, -0.2) is 5.48 Å². The van der Waals surface area contributed by atoms with E-state index >= 15 is 0 Å². The summed E-state index contributed by atoms with van der Waals surface area (Å²) in [5.41, 5.74) is 0. The van der Waals surface area contributed by atoms with Crippen molar-refractivity contribution in [3.8, 4) is 0 Å². The summed E-state index contributed by atoms with van der Waals surface area (Å²) in [4.78, 5) is 0. The Hall–Kier alpha value is -0.0400. The largest absolute Gasteiger partial charge is 0.412 e. The average Bonchev–Trinajstić information content (AvgIpc) is 1.00. The van der Waals surface area contributed by atoms with Crippen molar-refractivity contribution < 1.29 is 6.90 Å². The van der Waals surface area contributed by atoms with Gasteiger partial charge in [0.1, 0.15) is 0 Å². The van der Waals surface area contributed by atoms with E-state index in [1.54, 1.807) is 0 Å². The fourth-order valence-corrected chi connectivity index (χ4v) is 0. The normalized spacial score (nSPS) is 0.600. The van der Waals surface area contributed by atoms with Gasteiger partial charge < -0.3 is 5.48 Å². The van der Waals surface area contributed by atoms with E-state index in [4.69, 9.17) is 0 Å². The Labute approximate surface area is 73.7 Å². The van der Waals surface area contributed by atoms with E-state index in [2.05, 4.69) is 0 Å².